The molecule has 0 spiro atoms. The van der Waals surface area contributed by atoms with Crippen LogP contribution in [0.15, 0.2) is 47.4 Å². The first kappa shape index (κ1) is 24.9. The molecule has 1 atom stereocenters. The van der Waals surface area contributed by atoms with Crippen molar-refractivity contribution in [1.29, 1.82) is 0 Å². The normalized spacial score (nSPS) is 16.4. The fourth-order valence-electron chi connectivity index (χ4n) is 4.08. The molecule has 9 heteroatoms. The number of anilines is 1. The van der Waals surface area contributed by atoms with Crippen molar-refractivity contribution in [2.24, 2.45) is 0 Å². The Morgan fingerprint density at radius 3 is 2.36 bits per heavy atom. The zero-order valence-corrected chi connectivity index (χ0v) is 20.0. The van der Waals surface area contributed by atoms with E-state index in [9.17, 15) is 22.4 Å². The number of nitrogens with one attached hydrogen (secondary N) is 1. The molecule has 1 unspecified atom stereocenters. The molecule has 1 fully saturated rings. The lowest BCUT2D eigenvalue weighted by Crippen LogP contribution is -2.40. The van der Waals surface area contributed by atoms with Crippen LogP contribution in [-0.4, -0.2) is 44.8 Å². The lowest BCUT2D eigenvalue weighted by Gasteiger charge is -2.29. The molecule has 0 bridgehead atoms. The van der Waals surface area contributed by atoms with Gasteiger partial charge in [0, 0.05) is 25.3 Å². The third-order valence-corrected chi connectivity index (χ3v) is 7.95. The van der Waals surface area contributed by atoms with Crippen LogP contribution in [0.5, 0.6) is 0 Å². The van der Waals surface area contributed by atoms with E-state index >= 15 is 0 Å². The van der Waals surface area contributed by atoms with Crippen molar-refractivity contribution in [3.05, 3.63) is 59.4 Å². The summed E-state index contributed by atoms with van der Waals surface area (Å²) in [5.41, 5.74) is 0.126. The maximum absolute atomic E-state index is 14.5. The molecule has 0 radical (unpaired) electrons. The molecule has 2 aromatic rings. The number of rotatable bonds is 7. The number of benzene rings is 2. The number of carbonyl (C=O) groups is 2. The molecule has 1 aliphatic carbocycles. The van der Waals surface area contributed by atoms with Crippen molar-refractivity contribution in [3.8, 4) is 0 Å². The minimum atomic E-state index is -3.68. The van der Waals surface area contributed by atoms with Crippen molar-refractivity contribution < 1.29 is 27.1 Å². The summed E-state index contributed by atoms with van der Waals surface area (Å²) in [5, 5.41) is 2.65. The van der Waals surface area contributed by atoms with E-state index in [-0.39, 0.29) is 10.5 Å². The Kier molecular flexibility index (Phi) is 7.23. The summed E-state index contributed by atoms with van der Waals surface area (Å²) in [5.74, 6) is -1.70. The number of halogens is 1. The zero-order chi connectivity index (χ0) is 24.4. The second-order valence-corrected chi connectivity index (χ2v) is 10.7. The van der Waals surface area contributed by atoms with Crippen molar-refractivity contribution in [3.63, 3.8) is 0 Å². The average molecular weight is 477 g/mol. The first-order valence-corrected chi connectivity index (χ1v) is 12.2. The zero-order valence-electron chi connectivity index (χ0n) is 19.2. The molecule has 0 aliphatic heterocycles. The molecule has 7 nitrogen and oxygen atoms in total. The highest BCUT2D eigenvalue weighted by Gasteiger charge is 2.46. The molecule has 1 N–H and O–H groups in total. The maximum Gasteiger partial charge on any atom is 0.317 e. The highest BCUT2D eigenvalue weighted by Crippen LogP contribution is 2.43. The van der Waals surface area contributed by atoms with Crippen molar-refractivity contribution >= 4 is 27.6 Å². The molecular weight excluding hydrogens is 447 g/mol. The second kappa shape index (κ2) is 9.61. The number of esters is 1. The van der Waals surface area contributed by atoms with E-state index in [1.54, 1.807) is 31.2 Å². The molecule has 0 saturated heterocycles. The first-order chi connectivity index (χ1) is 15.5. The van der Waals surface area contributed by atoms with Crippen LogP contribution in [0.25, 0.3) is 0 Å². The van der Waals surface area contributed by atoms with Gasteiger partial charge in [0.25, 0.3) is 5.91 Å². The molecule has 1 amide bonds. The van der Waals surface area contributed by atoms with Gasteiger partial charge in [0.1, 0.15) is 5.82 Å². The molecule has 1 aliphatic rings. The van der Waals surface area contributed by atoms with E-state index in [2.05, 4.69) is 5.32 Å². The molecule has 0 aromatic heterocycles. The predicted octanol–water partition coefficient (Wildman–Crippen LogP) is 3.77. The highest BCUT2D eigenvalue weighted by molar-refractivity contribution is 7.89. The second-order valence-electron chi connectivity index (χ2n) is 8.57. The summed E-state index contributed by atoms with van der Waals surface area (Å²) < 4.78 is 46.0. The maximum atomic E-state index is 14.5. The van der Waals surface area contributed by atoms with Crippen LogP contribution in [0, 0.1) is 12.7 Å². The summed E-state index contributed by atoms with van der Waals surface area (Å²) in [4.78, 5) is 26.0. The number of hydrogen-bond acceptors (Lipinski definition) is 5. The van der Waals surface area contributed by atoms with Crippen LogP contribution in [-0.2, 0) is 29.8 Å². The molecule has 3 rings (SSSR count). The van der Waals surface area contributed by atoms with Gasteiger partial charge in [-0.3, -0.25) is 9.59 Å². The highest BCUT2D eigenvalue weighted by atomic mass is 32.2. The minimum absolute atomic E-state index is 0.0301. The van der Waals surface area contributed by atoms with Crippen LogP contribution >= 0.6 is 0 Å². The van der Waals surface area contributed by atoms with E-state index in [0.717, 1.165) is 17.1 Å². The quantitative estimate of drug-likeness (QED) is 0.614. The summed E-state index contributed by atoms with van der Waals surface area (Å²) in [6.45, 7) is 3.16. The van der Waals surface area contributed by atoms with E-state index in [0.29, 0.717) is 24.1 Å². The Bertz CT molecular complexity index is 1160. The Labute approximate surface area is 194 Å². The van der Waals surface area contributed by atoms with Crippen molar-refractivity contribution in [2.75, 3.05) is 19.4 Å². The van der Waals surface area contributed by atoms with Gasteiger partial charge < -0.3 is 10.1 Å². The van der Waals surface area contributed by atoms with Gasteiger partial charge in [0.2, 0.25) is 10.0 Å². The fraction of sp³-hybridized carbons (Fsp3) is 0.417. The third kappa shape index (κ3) is 4.94. The smallest absolute Gasteiger partial charge is 0.317 e. The number of hydrogen-bond donors (Lipinski definition) is 1. The Morgan fingerprint density at radius 2 is 1.76 bits per heavy atom. The number of nitrogens with zero attached hydrogens (tertiary/aromatic N) is 1. The van der Waals surface area contributed by atoms with Gasteiger partial charge in [0.05, 0.1) is 10.3 Å². The average Bonchev–Trinajstić information content (AvgIpc) is 3.26. The largest absolute Gasteiger partial charge is 0.452 e. The van der Waals surface area contributed by atoms with Crippen molar-refractivity contribution in [1.82, 2.24) is 4.31 Å². The molecule has 33 heavy (non-hydrogen) atoms. The number of carbonyl (C=O) groups excluding carboxylic acids is 2. The van der Waals surface area contributed by atoms with Crippen LogP contribution in [0.1, 0.15) is 43.7 Å². The van der Waals surface area contributed by atoms with Gasteiger partial charge in [-0.25, -0.2) is 17.1 Å². The summed E-state index contributed by atoms with van der Waals surface area (Å²) in [7, 11) is -0.844. The topological polar surface area (TPSA) is 92.8 Å². The van der Waals surface area contributed by atoms with Crippen molar-refractivity contribution in [2.45, 2.75) is 55.9 Å². The van der Waals surface area contributed by atoms with Gasteiger partial charge in [-0.1, -0.05) is 37.1 Å². The minimum Gasteiger partial charge on any atom is -0.452 e. The third-order valence-electron chi connectivity index (χ3n) is 6.14. The predicted molar refractivity (Wildman–Crippen MR) is 123 cm³/mol. The summed E-state index contributed by atoms with van der Waals surface area (Å²) in [6.07, 6.45) is 1.26. The summed E-state index contributed by atoms with van der Waals surface area (Å²) >= 11 is 0. The van der Waals surface area contributed by atoms with Gasteiger partial charge >= 0.3 is 5.97 Å². The molecule has 1 saturated carbocycles. The van der Waals surface area contributed by atoms with Gasteiger partial charge in [-0.15, -0.1) is 0 Å². The Morgan fingerprint density at radius 1 is 1.12 bits per heavy atom. The first-order valence-electron chi connectivity index (χ1n) is 10.8. The Balaban J connectivity index is 1.79. The van der Waals surface area contributed by atoms with Crippen LogP contribution < -0.4 is 5.32 Å². The van der Waals surface area contributed by atoms with E-state index in [4.69, 9.17) is 4.74 Å². The summed E-state index contributed by atoms with van der Waals surface area (Å²) in [6, 6.07) is 10.6. The van der Waals surface area contributed by atoms with Crippen LogP contribution in [0.2, 0.25) is 0 Å². The van der Waals surface area contributed by atoms with E-state index < -0.39 is 39.2 Å². The van der Waals surface area contributed by atoms with E-state index in [1.165, 1.54) is 39.2 Å². The molecule has 0 heterocycles. The number of amides is 1. The lowest BCUT2D eigenvalue weighted by atomic mass is 9.78. The van der Waals surface area contributed by atoms with Gasteiger partial charge in [-0.2, -0.15) is 0 Å². The SMILES string of the molecule is Cc1ccc(S(=O)(=O)N(C)C)cc1NC(=O)C(C)OC(=O)C1(c2ccccc2F)CCCC1. The lowest BCUT2D eigenvalue weighted by molar-refractivity contribution is -0.159. The van der Waals surface area contributed by atoms with Crippen LogP contribution in [0.4, 0.5) is 10.1 Å². The molecule has 178 valence electrons. The fourth-order valence-corrected chi connectivity index (χ4v) is 5.01. The number of sulfonamides is 1. The molecule has 2 aromatic carbocycles. The van der Waals surface area contributed by atoms with Crippen LogP contribution in [0.3, 0.4) is 0 Å². The standard InChI is InChI=1S/C24H29FN2O5S/c1-16-11-12-18(33(30,31)27(3)4)15-21(16)26-22(28)17(2)32-23(29)24(13-7-8-14-24)19-9-5-6-10-20(19)25/h5-6,9-12,15,17H,7-8,13-14H2,1-4H3,(H,26,28). The van der Waals surface area contributed by atoms with E-state index in [1.807, 2.05) is 0 Å². The van der Waals surface area contributed by atoms with Gasteiger partial charge in [0.15, 0.2) is 6.10 Å². The van der Waals surface area contributed by atoms with Gasteiger partial charge in [-0.05, 0) is 50.5 Å². The molecular formula is C24H29FN2O5S. The monoisotopic (exact) mass is 476 g/mol. The number of ether oxygens (including phenoxy) is 1. The number of aryl methyl sites for hydroxylation is 1. The Hall–Kier alpha value is -2.78.